The minimum absolute atomic E-state index is 0.0669. The topological polar surface area (TPSA) is 38.3 Å². The average molecular weight is 153 g/mol. The summed E-state index contributed by atoms with van der Waals surface area (Å²) in [6.07, 6.45) is 7.81. The molecule has 0 radical (unpaired) electrons. The fourth-order valence-electron chi connectivity index (χ4n) is 0.784. The van der Waals surface area contributed by atoms with Gasteiger partial charge in [0.15, 0.2) is 0 Å². The van der Waals surface area contributed by atoms with Crippen LogP contribution in [0, 0.1) is 18.3 Å². The molecule has 0 bridgehead atoms. The van der Waals surface area contributed by atoms with Crippen LogP contribution in [0.3, 0.4) is 0 Å². The molecule has 0 aromatic carbocycles. The lowest BCUT2D eigenvalue weighted by Gasteiger charge is -2.00. The van der Waals surface area contributed by atoms with Gasteiger partial charge in [0.05, 0.1) is 0 Å². The lowest BCUT2D eigenvalue weighted by atomic mass is 10.3. The Morgan fingerprint density at radius 2 is 2.45 bits per heavy atom. The quantitative estimate of drug-likeness (QED) is 0.362. The van der Waals surface area contributed by atoms with Gasteiger partial charge in [-0.2, -0.15) is 0 Å². The van der Waals surface area contributed by atoms with Crippen molar-refractivity contribution in [3.63, 3.8) is 0 Å². The van der Waals surface area contributed by atoms with Gasteiger partial charge in [0, 0.05) is 6.42 Å². The summed E-state index contributed by atoms with van der Waals surface area (Å²) in [6, 6.07) is 0. The van der Waals surface area contributed by atoms with Gasteiger partial charge in [-0.25, -0.2) is 5.48 Å². The molecule has 1 saturated carbocycles. The highest BCUT2D eigenvalue weighted by atomic mass is 16.6. The van der Waals surface area contributed by atoms with Crippen LogP contribution in [0.25, 0.3) is 0 Å². The van der Waals surface area contributed by atoms with Crippen molar-refractivity contribution in [2.45, 2.75) is 19.3 Å². The first-order chi connectivity index (χ1) is 5.33. The largest absolute Gasteiger partial charge is 0.273 e. The number of rotatable bonds is 4. The van der Waals surface area contributed by atoms with Crippen LogP contribution in [-0.2, 0) is 9.63 Å². The summed E-state index contributed by atoms with van der Waals surface area (Å²) in [5.41, 5.74) is 2.27. The second kappa shape index (κ2) is 3.99. The molecule has 1 N–H and O–H groups in total. The summed E-state index contributed by atoms with van der Waals surface area (Å²) in [4.78, 5) is 15.5. The zero-order chi connectivity index (χ0) is 8.10. The van der Waals surface area contributed by atoms with E-state index in [4.69, 9.17) is 6.42 Å². The standard InChI is InChI=1S/C8H11NO2/c1-2-5-11-9-8(10)6-7-3-4-7/h1,7H,3-6H2,(H,9,10). The van der Waals surface area contributed by atoms with Crippen molar-refractivity contribution in [3.05, 3.63) is 0 Å². The number of carbonyl (C=O) groups is 1. The van der Waals surface area contributed by atoms with Crippen molar-refractivity contribution in [3.8, 4) is 12.3 Å². The molecular weight excluding hydrogens is 142 g/mol. The Morgan fingerprint density at radius 1 is 1.73 bits per heavy atom. The Hall–Kier alpha value is -1.01. The predicted octanol–water partition coefficient (Wildman–Crippen LogP) is 0.467. The lowest BCUT2D eigenvalue weighted by Crippen LogP contribution is -2.23. The lowest BCUT2D eigenvalue weighted by molar-refractivity contribution is -0.132. The van der Waals surface area contributed by atoms with Crippen molar-refractivity contribution < 1.29 is 9.63 Å². The van der Waals surface area contributed by atoms with Crippen LogP contribution >= 0.6 is 0 Å². The number of carbonyl (C=O) groups excluding carboxylic acids is 1. The molecule has 1 fully saturated rings. The summed E-state index contributed by atoms with van der Waals surface area (Å²) in [5, 5.41) is 0. The molecule has 3 heteroatoms. The molecule has 0 aliphatic heterocycles. The van der Waals surface area contributed by atoms with Crippen LogP contribution in [0.1, 0.15) is 19.3 Å². The first kappa shape index (κ1) is 8.09. The summed E-state index contributed by atoms with van der Waals surface area (Å²) in [5.74, 6) is 2.78. The third kappa shape index (κ3) is 3.64. The van der Waals surface area contributed by atoms with Gasteiger partial charge < -0.3 is 0 Å². The molecule has 3 nitrogen and oxygen atoms in total. The molecule has 1 aliphatic rings. The van der Waals surface area contributed by atoms with E-state index in [0.29, 0.717) is 12.3 Å². The van der Waals surface area contributed by atoms with Crippen molar-refractivity contribution in [2.75, 3.05) is 6.61 Å². The maximum Gasteiger partial charge on any atom is 0.243 e. The molecule has 0 atom stereocenters. The number of hydrogen-bond donors (Lipinski definition) is 1. The number of amides is 1. The second-order valence-electron chi connectivity index (χ2n) is 2.67. The highest BCUT2D eigenvalue weighted by molar-refractivity contribution is 5.75. The van der Waals surface area contributed by atoms with Crippen LogP contribution in [-0.4, -0.2) is 12.5 Å². The van der Waals surface area contributed by atoms with Gasteiger partial charge in [-0.1, -0.05) is 5.92 Å². The molecule has 0 aromatic heterocycles. The minimum atomic E-state index is -0.0669. The van der Waals surface area contributed by atoms with Gasteiger partial charge in [0.25, 0.3) is 0 Å². The average Bonchev–Trinajstić information content (AvgIpc) is 2.72. The summed E-state index contributed by atoms with van der Waals surface area (Å²) in [6.45, 7) is 0.135. The van der Waals surface area contributed by atoms with E-state index in [1.807, 2.05) is 0 Å². The molecule has 0 heterocycles. The van der Waals surface area contributed by atoms with Gasteiger partial charge in [0.1, 0.15) is 6.61 Å². The second-order valence-corrected chi connectivity index (χ2v) is 2.67. The van der Waals surface area contributed by atoms with E-state index in [1.54, 1.807) is 0 Å². The summed E-state index contributed by atoms with van der Waals surface area (Å²) >= 11 is 0. The van der Waals surface area contributed by atoms with Crippen molar-refractivity contribution in [1.29, 1.82) is 0 Å². The minimum Gasteiger partial charge on any atom is -0.273 e. The molecule has 0 unspecified atom stereocenters. The monoisotopic (exact) mass is 153 g/mol. The van der Waals surface area contributed by atoms with E-state index in [1.165, 1.54) is 12.8 Å². The maximum atomic E-state index is 10.9. The van der Waals surface area contributed by atoms with E-state index >= 15 is 0 Å². The SMILES string of the molecule is C#CCONC(=O)CC1CC1. The Balaban J connectivity index is 1.97. The molecule has 0 spiro atoms. The Bertz CT molecular complexity index is 179. The molecule has 11 heavy (non-hydrogen) atoms. The van der Waals surface area contributed by atoms with Crippen molar-refractivity contribution >= 4 is 5.91 Å². The molecule has 0 aromatic rings. The van der Waals surface area contributed by atoms with Crippen molar-refractivity contribution in [2.24, 2.45) is 5.92 Å². The summed E-state index contributed by atoms with van der Waals surface area (Å²) < 4.78 is 0. The van der Waals surface area contributed by atoms with Crippen LogP contribution in [0.5, 0.6) is 0 Å². The first-order valence-electron chi connectivity index (χ1n) is 3.67. The third-order valence-electron chi connectivity index (χ3n) is 1.51. The fraction of sp³-hybridized carbons (Fsp3) is 0.625. The molecule has 0 saturated heterocycles. The first-order valence-corrected chi connectivity index (χ1v) is 3.67. The van der Waals surface area contributed by atoms with Gasteiger partial charge >= 0.3 is 0 Å². The zero-order valence-electron chi connectivity index (χ0n) is 6.30. The number of terminal acetylenes is 1. The Morgan fingerprint density at radius 3 is 3.00 bits per heavy atom. The third-order valence-corrected chi connectivity index (χ3v) is 1.51. The van der Waals surface area contributed by atoms with E-state index in [0.717, 1.165) is 0 Å². The van der Waals surface area contributed by atoms with Crippen LogP contribution in [0.2, 0.25) is 0 Å². The van der Waals surface area contributed by atoms with E-state index in [-0.39, 0.29) is 12.5 Å². The fourth-order valence-corrected chi connectivity index (χ4v) is 0.784. The Labute approximate surface area is 66.1 Å². The Kier molecular flexibility index (Phi) is 2.94. The summed E-state index contributed by atoms with van der Waals surface area (Å²) in [7, 11) is 0. The van der Waals surface area contributed by atoms with E-state index < -0.39 is 0 Å². The van der Waals surface area contributed by atoms with E-state index in [9.17, 15) is 4.79 Å². The molecule has 1 rings (SSSR count). The molecule has 1 aliphatic carbocycles. The van der Waals surface area contributed by atoms with E-state index in [2.05, 4.69) is 16.2 Å². The molecular formula is C8H11NO2. The van der Waals surface area contributed by atoms with Crippen LogP contribution in [0.4, 0.5) is 0 Å². The number of hydrogen-bond acceptors (Lipinski definition) is 2. The maximum absolute atomic E-state index is 10.9. The highest BCUT2D eigenvalue weighted by Crippen LogP contribution is 2.31. The smallest absolute Gasteiger partial charge is 0.243 e. The van der Waals surface area contributed by atoms with Gasteiger partial charge in [-0.3, -0.25) is 9.63 Å². The highest BCUT2D eigenvalue weighted by Gasteiger charge is 2.24. The van der Waals surface area contributed by atoms with Gasteiger partial charge in [0.2, 0.25) is 5.91 Å². The van der Waals surface area contributed by atoms with Gasteiger partial charge in [-0.15, -0.1) is 6.42 Å². The number of nitrogens with one attached hydrogen (secondary N) is 1. The predicted molar refractivity (Wildman–Crippen MR) is 40.3 cm³/mol. The normalized spacial score (nSPS) is 15.5. The molecule has 60 valence electrons. The molecule has 1 amide bonds. The van der Waals surface area contributed by atoms with Crippen molar-refractivity contribution in [1.82, 2.24) is 5.48 Å². The van der Waals surface area contributed by atoms with Gasteiger partial charge in [-0.05, 0) is 18.8 Å². The van der Waals surface area contributed by atoms with Crippen LogP contribution in [0.15, 0.2) is 0 Å². The van der Waals surface area contributed by atoms with Crippen LogP contribution < -0.4 is 5.48 Å². The number of hydroxylamine groups is 1. The zero-order valence-corrected chi connectivity index (χ0v) is 6.30.